The second-order valence-electron chi connectivity index (χ2n) is 5.18. The van der Waals surface area contributed by atoms with E-state index in [2.05, 4.69) is 23.3 Å². The lowest BCUT2D eigenvalue weighted by atomic mass is 10.1. The lowest BCUT2D eigenvalue weighted by Crippen LogP contribution is -2.25. The van der Waals surface area contributed by atoms with Crippen LogP contribution in [0, 0.1) is 0 Å². The molecule has 0 fully saturated rings. The van der Waals surface area contributed by atoms with Gasteiger partial charge >= 0.3 is 0 Å². The molecular formula is C16H21ClN2O. The Bertz CT molecular complexity index is 511. The minimum atomic E-state index is -0.0646. The molecule has 108 valence electrons. The van der Waals surface area contributed by atoms with E-state index >= 15 is 0 Å². The van der Waals surface area contributed by atoms with Gasteiger partial charge in [0.25, 0.3) is 5.91 Å². The first-order chi connectivity index (χ1) is 9.69. The Morgan fingerprint density at radius 1 is 1.40 bits per heavy atom. The van der Waals surface area contributed by atoms with Crippen LogP contribution in [0.5, 0.6) is 0 Å². The third kappa shape index (κ3) is 4.34. The highest BCUT2D eigenvalue weighted by Crippen LogP contribution is 2.19. The van der Waals surface area contributed by atoms with Crippen LogP contribution in [0.25, 0.3) is 0 Å². The molecule has 2 rings (SSSR count). The molecule has 0 atom stereocenters. The third-order valence-electron chi connectivity index (χ3n) is 3.48. The van der Waals surface area contributed by atoms with Crippen molar-refractivity contribution in [3.8, 4) is 0 Å². The summed E-state index contributed by atoms with van der Waals surface area (Å²) in [5, 5.41) is 3.34. The van der Waals surface area contributed by atoms with Crippen molar-refractivity contribution in [1.29, 1.82) is 0 Å². The number of amides is 1. The third-order valence-corrected chi connectivity index (χ3v) is 3.68. The normalized spacial score (nSPS) is 14.2. The van der Waals surface area contributed by atoms with Crippen molar-refractivity contribution in [3.63, 3.8) is 0 Å². The molecule has 1 heterocycles. The second-order valence-corrected chi connectivity index (χ2v) is 5.57. The summed E-state index contributed by atoms with van der Waals surface area (Å²) >= 11 is 5.97. The minimum absolute atomic E-state index is 0.0646. The molecule has 0 radical (unpaired) electrons. The van der Waals surface area contributed by atoms with Gasteiger partial charge in [-0.3, -0.25) is 4.79 Å². The van der Waals surface area contributed by atoms with Gasteiger partial charge in [-0.25, -0.2) is 4.98 Å². The first kappa shape index (κ1) is 15.0. The molecule has 1 N–H and O–H groups in total. The Hall–Kier alpha value is -1.35. The Morgan fingerprint density at radius 3 is 2.95 bits per heavy atom. The molecule has 0 aliphatic heterocycles. The van der Waals surface area contributed by atoms with Crippen molar-refractivity contribution in [3.05, 3.63) is 40.2 Å². The maximum Gasteiger partial charge on any atom is 0.251 e. The first-order valence-corrected chi connectivity index (χ1v) is 7.69. The van der Waals surface area contributed by atoms with E-state index in [9.17, 15) is 4.79 Å². The van der Waals surface area contributed by atoms with Gasteiger partial charge in [0.2, 0.25) is 0 Å². The largest absolute Gasteiger partial charge is 0.352 e. The van der Waals surface area contributed by atoms with Crippen LogP contribution in [0.4, 0.5) is 0 Å². The molecule has 20 heavy (non-hydrogen) atoms. The number of aromatic nitrogens is 1. The zero-order chi connectivity index (χ0) is 14.4. The highest BCUT2D eigenvalue weighted by molar-refractivity contribution is 6.29. The van der Waals surface area contributed by atoms with Gasteiger partial charge in [0.15, 0.2) is 0 Å². The molecule has 4 heteroatoms. The quantitative estimate of drug-likeness (QED) is 0.638. The van der Waals surface area contributed by atoms with Gasteiger partial charge in [-0.2, -0.15) is 0 Å². The number of nitrogens with one attached hydrogen (secondary N) is 1. The van der Waals surface area contributed by atoms with Gasteiger partial charge < -0.3 is 5.32 Å². The number of pyridine rings is 1. The number of carbonyl (C=O) groups excluding carboxylic acids is 1. The number of nitrogens with zero attached hydrogens (tertiary/aromatic N) is 1. The molecule has 0 bridgehead atoms. The molecule has 1 aliphatic rings. The van der Waals surface area contributed by atoms with Crippen LogP contribution in [0.15, 0.2) is 23.8 Å². The lowest BCUT2D eigenvalue weighted by Gasteiger charge is -2.08. The Balaban J connectivity index is 1.90. The van der Waals surface area contributed by atoms with Gasteiger partial charge in [0, 0.05) is 17.8 Å². The summed E-state index contributed by atoms with van der Waals surface area (Å²) in [7, 11) is 0. The predicted molar refractivity (Wildman–Crippen MR) is 82.1 cm³/mol. The van der Waals surface area contributed by atoms with Gasteiger partial charge in [0.05, 0.1) is 0 Å². The zero-order valence-electron chi connectivity index (χ0n) is 11.9. The molecule has 3 nitrogen and oxygen atoms in total. The zero-order valence-corrected chi connectivity index (χ0v) is 12.7. The van der Waals surface area contributed by atoms with Crippen molar-refractivity contribution >= 4 is 17.5 Å². The van der Waals surface area contributed by atoms with Crippen molar-refractivity contribution in [2.24, 2.45) is 0 Å². The molecule has 0 aromatic carbocycles. The number of halogens is 1. The maximum absolute atomic E-state index is 12.1. The summed E-state index contributed by atoms with van der Waals surface area (Å²) in [6.07, 6.45) is 8.68. The van der Waals surface area contributed by atoms with Crippen LogP contribution in [-0.2, 0) is 6.42 Å². The van der Waals surface area contributed by atoms with E-state index in [1.165, 1.54) is 24.8 Å². The summed E-state index contributed by atoms with van der Waals surface area (Å²) in [4.78, 5) is 16.3. The van der Waals surface area contributed by atoms with Crippen LogP contribution in [0.2, 0.25) is 5.15 Å². The smallest absolute Gasteiger partial charge is 0.251 e. The van der Waals surface area contributed by atoms with Gasteiger partial charge in [-0.15, -0.1) is 0 Å². The number of rotatable bonds is 6. The van der Waals surface area contributed by atoms with Crippen LogP contribution in [0.3, 0.4) is 0 Å². The van der Waals surface area contributed by atoms with E-state index < -0.39 is 0 Å². The standard InChI is InChI=1S/C16H21ClN2O/c1-2-5-14-10-13(11-15(17)19-14)16(20)18-9-8-12-6-3-4-7-12/h6,10-11H,2-5,7-9H2,1H3,(H,18,20). The number of allylic oxidation sites excluding steroid dienone is 1. The summed E-state index contributed by atoms with van der Waals surface area (Å²) < 4.78 is 0. The molecule has 0 spiro atoms. The van der Waals surface area contributed by atoms with Crippen LogP contribution in [0.1, 0.15) is 55.1 Å². The van der Waals surface area contributed by atoms with E-state index in [0.29, 0.717) is 17.3 Å². The monoisotopic (exact) mass is 292 g/mol. The Kier molecular flexibility index (Phi) is 5.60. The van der Waals surface area contributed by atoms with Crippen LogP contribution < -0.4 is 5.32 Å². The lowest BCUT2D eigenvalue weighted by molar-refractivity contribution is 0.0954. The fraction of sp³-hybridized carbons (Fsp3) is 0.500. The van der Waals surface area contributed by atoms with Crippen LogP contribution >= 0.6 is 11.6 Å². The van der Waals surface area contributed by atoms with E-state index in [1.807, 2.05) is 6.07 Å². The topological polar surface area (TPSA) is 42.0 Å². The Labute approximate surface area is 125 Å². The highest BCUT2D eigenvalue weighted by Gasteiger charge is 2.10. The van der Waals surface area contributed by atoms with Crippen molar-refractivity contribution < 1.29 is 4.79 Å². The molecule has 0 saturated carbocycles. The molecular weight excluding hydrogens is 272 g/mol. The molecule has 1 aliphatic carbocycles. The summed E-state index contributed by atoms with van der Waals surface area (Å²) in [5.41, 5.74) is 2.95. The van der Waals surface area contributed by atoms with Crippen molar-refractivity contribution in [1.82, 2.24) is 10.3 Å². The molecule has 1 aromatic heterocycles. The highest BCUT2D eigenvalue weighted by atomic mass is 35.5. The van der Waals surface area contributed by atoms with Crippen molar-refractivity contribution in [2.75, 3.05) is 6.54 Å². The van der Waals surface area contributed by atoms with Crippen LogP contribution in [-0.4, -0.2) is 17.4 Å². The second kappa shape index (κ2) is 7.44. The summed E-state index contributed by atoms with van der Waals surface area (Å²) in [6.45, 7) is 2.77. The minimum Gasteiger partial charge on any atom is -0.352 e. The average Bonchev–Trinajstić information content (AvgIpc) is 2.91. The molecule has 1 aromatic rings. The number of hydrogen-bond acceptors (Lipinski definition) is 2. The number of carbonyl (C=O) groups is 1. The maximum atomic E-state index is 12.1. The predicted octanol–water partition coefficient (Wildman–Crippen LogP) is 3.92. The number of hydrogen-bond donors (Lipinski definition) is 1. The average molecular weight is 293 g/mol. The van der Waals surface area contributed by atoms with Crippen molar-refractivity contribution in [2.45, 2.75) is 45.4 Å². The molecule has 1 amide bonds. The van der Waals surface area contributed by atoms with E-state index in [1.54, 1.807) is 6.07 Å². The summed E-state index contributed by atoms with van der Waals surface area (Å²) in [6, 6.07) is 3.46. The van der Waals surface area contributed by atoms with E-state index in [0.717, 1.165) is 25.0 Å². The summed E-state index contributed by atoms with van der Waals surface area (Å²) in [5.74, 6) is -0.0646. The van der Waals surface area contributed by atoms with E-state index in [4.69, 9.17) is 11.6 Å². The molecule has 0 unspecified atom stereocenters. The Morgan fingerprint density at radius 2 is 2.25 bits per heavy atom. The fourth-order valence-electron chi connectivity index (χ4n) is 2.47. The molecule has 0 saturated heterocycles. The van der Waals surface area contributed by atoms with Gasteiger partial charge in [-0.1, -0.05) is 36.6 Å². The van der Waals surface area contributed by atoms with E-state index in [-0.39, 0.29) is 5.91 Å². The number of aryl methyl sites for hydroxylation is 1. The first-order valence-electron chi connectivity index (χ1n) is 7.31. The fourth-order valence-corrected chi connectivity index (χ4v) is 2.70. The van der Waals surface area contributed by atoms with Gasteiger partial charge in [0.1, 0.15) is 5.15 Å². The van der Waals surface area contributed by atoms with Gasteiger partial charge in [-0.05, 0) is 44.2 Å². The SMILES string of the molecule is CCCc1cc(C(=O)NCCC2=CCCC2)cc(Cl)n1.